The summed E-state index contributed by atoms with van der Waals surface area (Å²) in [6, 6.07) is 21.0. The van der Waals surface area contributed by atoms with Gasteiger partial charge in [-0.25, -0.2) is 0 Å². The molecular formula is C24H25N3O3. The highest BCUT2D eigenvalue weighted by Gasteiger charge is 2.27. The van der Waals surface area contributed by atoms with Crippen LogP contribution in [0.15, 0.2) is 77.6 Å². The standard InChI is InChI=1S/C24H25N3O3/c1-3-16-27(17(2)22(28)25-19-12-8-5-9-13-19)24(30)20-14-15-21(26-23(20)29)18-10-6-4-7-11-18/h4-15,17H,3,16H2,1-2H3,(H,25,28)(H,26,29). The molecule has 0 saturated heterocycles. The van der Waals surface area contributed by atoms with Crippen molar-refractivity contribution in [2.75, 3.05) is 11.9 Å². The van der Waals surface area contributed by atoms with Gasteiger partial charge in [-0.15, -0.1) is 0 Å². The Bertz CT molecular complexity index is 1060. The number of hydrogen-bond acceptors (Lipinski definition) is 3. The lowest BCUT2D eigenvalue weighted by Gasteiger charge is -2.28. The van der Waals surface area contributed by atoms with E-state index < -0.39 is 17.5 Å². The van der Waals surface area contributed by atoms with Crippen molar-refractivity contribution >= 4 is 17.5 Å². The fourth-order valence-electron chi connectivity index (χ4n) is 3.20. The summed E-state index contributed by atoms with van der Waals surface area (Å²) >= 11 is 0. The minimum atomic E-state index is -0.731. The Hall–Kier alpha value is -3.67. The number of H-pyrrole nitrogens is 1. The summed E-state index contributed by atoms with van der Waals surface area (Å²) in [5.74, 6) is -0.770. The zero-order chi connectivity index (χ0) is 21.5. The van der Waals surface area contributed by atoms with Crippen LogP contribution in [0, 0.1) is 0 Å². The maximum absolute atomic E-state index is 13.1. The van der Waals surface area contributed by atoms with Crippen LogP contribution in [0.2, 0.25) is 0 Å². The van der Waals surface area contributed by atoms with Gasteiger partial charge in [-0.2, -0.15) is 0 Å². The molecule has 2 N–H and O–H groups in total. The van der Waals surface area contributed by atoms with Crippen molar-refractivity contribution in [1.29, 1.82) is 0 Å². The van der Waals surface area contributed by atoms with Crippen molar-refractivity contribution < 1.29 is 9.59 Å². The second kappa shape index (κ2) is 9.69. The first-order valence-electron chi connectivity index (χ1n) is 9.97. The Morgan fingerprint density at radius 3 is 2.20 bits per heavy atom. The van der Waals surface area contributed by atoms with Crippen molar-refractivity contribution in [2.24, 2.45) is 0 Å². The van der Waals surface area contributed by atoms with Gasteiger partial charge in [0.1, 0.15) is 11.6 Å². The van der Waals surface area contributed by atoms with Gasteiger partial charge >= 0.3 is 0 Å². The fourth-order valence-corrected chi connectivity index (χ4v) is 3.20. The average molecular weight is 403 g/mol. The number of hydrogen-bond donors (Lipinski definition) is 2. The Kier molecular flexibility index (Phi) is 6.80. The third-order valence-electron chi connectivity index (χ3n) is 4.84. The predicted molar refractivity (Wildman–Crippen MR) is 118 cm³/mol. The van der Waals surface area contributed by atoms with E-state index in [4.69, 9.17) is 0 Å². The molecule has 3 aromatic rings. The fraction of sp³-hybridized carbons (Fsp3) is 0.208. The molecule has 0 aliphatic rings. The molecule has 0 bridgehead atoms. The molecule has 2 amide bonds. The van der Waals surface area contributed by atoms with Gasteiger partial charge < -0.3 is 15.2 Å². The van der Waals surface area contributed by atoms with Crippen LogP contribution in [0.4, 0.5) is 5.69 Å². The van der Waals surface area contributed by atoms with Crippen LogP contribution in [0.1, 0.15) is 30.6 Å². The largest absolute Gasteiger partial charge is 0.327 e. The number of carbonyl (C=O) groups excluding carboxylic acids is 2. The van der Waals surface area contributed by atoms with Crippen LogP contribution in [-0.4, -0.2) is 34.3 Å². The normalized spacial score (nSPS) is 11.5. The van der Waals surface area contributed by atoms with Crippen molar-refractivity contribution in [2.45, 2.75) is 26.3 Å². The van der Waals surface area contributed by atoms with Gasteiger partial charge in [0.2, 0.25) is 5.91 Å². The Morgan fingerprint density at radius 2 is 1.60 bits per heavy atom. The topological polar surface area (TPSA) is 82.3 Å². The molecule has 1 heterocycles. The third-order valence-corrected chi connectivity index (χ3v) is 4.84. The number of benzene rings is 2. The molecule has 0 aliphatic carbocycles. The highest BCUT2D eigenvalue weighted by Crippen LogP contribution is 2.16. The van der Waals surface area contributed by atoms with E-state index >= 15 is 0 Å². The number of para-hydroxylation sites is 1. The van der Waals surface area contributed by atoms with Crippen LogP contribution >= 0.6 is 0 Å². The molecule has 3 rings (SSSR count). The Morgan fingerprint density at radius 1 is 0.967 bits per heavy atom. The smallest absolute Gasteiger partial charge is 0.261 e. The molecule has 6 nitrogen and oxygen atoms in total. The first-order chi connectivity index (χ1) is 14.5. The first kappa shape index (κ1) is 21.0. The van der Waals surface area contributed by atoms with Crippen LogP contribution in [0.5, 0.6) is 0 Å². The van der Waals surface area contributed by atoms with E-state index in [0.29, 0.717) is 24.3 Å². The number of nitrogens with zero attached hydrogens (tertiary/aromatic N) is 1. The van der Waals surface area contributed by atoms with Crippen molar-refractivity contribution in [1.82, 2.24) is 9.88 Å². The van der Waals surface area contributed by atoms with Crippen molar-refractivity contribution in [3.05, 3.63) is 88.7 Å². The summed E-state index contributed by atoms with van der Waals surface area (Å²) in [5.41, 5.74) is 1.69. The molecule has 154 valence electrons. The molecule has 2 aromatic carbocycles. The second-order valence-electron chi connectivity index (χ2n) is 7.01. The number of pyridine rings is 1. The predicted octanol–water partition coefficient (Wildman–Crippen LogP) is 3.92. The lowest BCUT2D eigenvalue weighted by Crippen LogP contribution is -2.47. The van der Waals surface area contributed by atoms with E-state index in [0.717, 1.165) is 5.56 Å². The van der Waals surface area contributed by atoms with E-state index in [1.54, 1.807) is 25.1 Å². The van der Waals surface area contributed by atoms with E-state index in [1.165, 1.54) is 11.0 Å². The Labute approximate surface area is 175 Å². The molecule has 1 unspecified atom stereocenters. The summed E-state index contributed by atoms with van der Waals surface area (Å²) in [6.07, 6.45) is 0.661. The molecule has 1 atom stereocenters. The molecular weight excluding hydrogens is 378 g/mol. The highest BCUT2D eigenvalue weighted by molar-refractivity contribution is 6.01. The summed E-state index contributed by atoms with van der Waals surface area (Å²) in [6.45, 7) is 3.95. The lowest BCUT2D eigenvalue weighted by molar-refractivity contribution is -0.120. The number of carbonyl (C=O) groups is 2. The van der Waals surface area contributed by atoms with Gasteiger partial charge in [-0.05, 0) is 43.2 Å². The molecule has 0 aliphatic heterocycles. The molecule has 0 radical (unpaired) electrons. The lowest BCUT2D eigenvalue weighted by atomic mass is 10.1. The van der Waals surface area contributed by atoms with Gasteiger partial charge in [0.25, 0.3) is 11.5 Å². The second-order valence-corrected chi connectivity index (χ2v) is 7.01. The maximum Gasteiger partial charge on any atom is 0.261 e. The quantitative estimate of drug-likeness (QED) is 0.627. The number of aromatic nitrogens is 1. The van der Waals surface area contributed by atoms with Gasteiger partial charge in [-0.3, -0.25) is 14.4 Å². The monoisotopic (exact) mass is 403 g/mol. The highest BCUT2D eigenvalue weighted by atomic mass is 16.2. The van der Waals surface area contributed by atoms with Crippen LogP contribution < -0.4 is 10.9 Å². The molecule has 0 spiro atoms. The minimum Gasteiger partial charge on any atom is -0.327 e. The van der Waals surface area contributed by atoms with Gasteiger partial charge in [0.05, 0.1) is 0 Å². The molecule has 6 heteroatoms. The van der Waals surface area contributed by atoms with E-state index in [1.807, 2.05) is 55.5 Å². The molecule has 0 fully saturated rings. The summed E-state index contributed by atoms with van der Waals surface area (Å²) in [5, 5.41) is 2.81. The van der Waals surface area contributed by atoms with E-state index in [2.05, 4.69) is 10.3 Å². The van der Waals surface area contributed by atoms with Gasteiger partial charge in [-0.1, -0.05) is 55.5 Å². The molecule has 0 saturated carbocycles. The van der Waals surface area contributed by atoms with E-state index in [-0.39, 0.29) is 11.5 Å². The first-order valence-corrected chi connectivity index (χ1v) is 9.97. The zero-order valence-corrected chi connectivity index (χ0v) is 17.1. The number of nitrogens with one attached hydrogen (secondary N) is 2. The number of amides is 2. The maximum atomic E-state index is 13.1. The average Bonchev–Trinajstić information content (AvgIpc) is 2.77. The number of aromatic amines is 1. The van der Waals surface area contributed by atoms with Crippen LogP contribution in [0.3, 0.4) is 0 Å². The van der Waals surface area contributed by atoms with Crippen LogP contribution in [0.25, 0.3) is 11.3 Å². The molecule has 30 heavy (non-hydrogen) atoms. The Balaban J connectivity index is 1.82. The summed E-state index contributed by atoms with van der Waals surface area (Å²) in [7, 11) is 0. The minimum absolute atomic E-state index is 0.0162. The van der Waals surface area contributed by atoms with Crippen molar-refractivity contribution in [3.63, 3.8) is 0 Å². The summed E-state index contributed by atoms with van der Waals surface area (Å²) in [4.78, 5) is 42.7. The van der Waals surface area contributed by atoms with E-state index in [9.17, 15) is 14.4 Å². The van der Waals surface area contributed by atoms with Gasteiger partial charge in [0, 0.05) is 17.9 Å². The summed E-state index contributed by atoms with van der Waals surface area (Å²) < 4.78 is 0. The van der Waals surface area contributed by atoms with Crippen LogP contribution in [-0.2, 0) is 4.79 Å². The zero-order valence-electron chi connectivity index (χ0n) is 17.1. The van der Waals surface area contributed by atoms with Gasteiger partial charge in [0.15, 0.2) is 0 Å². The molecule has 1 aromatic heterocycles. The number of rotatable bonds is 7. The van der Waals surface area contributed by atoms with Crippen molar-refractivity contribution in [3.8, 4) is 11.3 Å². The number of anilines is 1. The SMILES string of the molecule is CCCN(C(=O)c1ccc(-c2ccccc2)[nH]c1=O)C(C)C(=O)Nc1ccccc1. The third kappa shape index (κ3) is 4.84.